The molecule has 0 amide bonds. The number of piperidine rings is 1. The van der Waals surface area contributed by atoms with Crippen molar-refractivity contribution in [1.82, 2.24) is 19.5 Å². The van der Waals surface area contributed by atoms with Gasteiger partial charge in [-0.2, -0.15) is 9.61 Å². The van der Waals surface area contributed by atoms with Crippen LogP contribution in [0.3, 0.4) is 0 Å². The van der Waals surface area contributed by atoms with E-state index in [1.54, 1.807) is 0 Å². The number of aromatic hydroxyl groups is 1. The second kappa shape index (κ2) is 5.89. The second-order valence-electron chi connectivity index (χ2n) is 7.00. The van der Waals surface area contributed by atoms with Gasteiger partial charge in [-0.3, -0.25) is 4.90 Å². The third-order valence-electron chi connectivity index (χ3n) is 4.68. The van der Waals surface area contributed by atoms with Crippen molar-refractivity contribution in [2.45, 2.75) is 33.2 Å². The molecule has 3 aromatic rings. The fraction of sp³-hybridized carbons (Fsp3) is 0.529. The van der Waals surface area contributed by atoms with Crippen molar-refractivity contribution in [3.05, 3.63) is 34.9 Å². The van der Waals surface area contributed by atoms with Gasteiger partial charge in [0.2, 0.25) is 10.8 Å². The maximum atomic E-state index is 10.7. The van der Waals surface area contributed by atoms with Gasteiger partial charge in [0.1, 0.15) is 23.9 Å². The zero-order valence-corrected chi connectivity index (χ0v) is 15.0. The van der Waals surface area contributed by atoms with Crippen LogP contribution >= 0.6 is 11.3 Å². The number of furan rings is 1. The van der Waals surface area contributed by atoms with E-state index < -0.39 is 0 Å². The second-order valence-corrected chi connectivity index (χ2v) is 8.00. The van der Waals surface area contributed by atoms with Gasteiger partial charge in [-0.1, -0.05) is 25.2 Å². The lowest BCUT2D eigenvalue weighted by Crippen LogP contribution is -2.41. The van der Waals surface area contributed by atoms with Gasteiger partial charge in [0.25, 0.3) is 0 Å². The first-order valence-corrected chi connectivity index (χ1v) is 9.16. The average molecular weight is 346 g/mol. The van der Waals surface area contributed by atoms with Crippen molar-refractivity contribution in [3.8, 4) is 5.88 Å². The van der Waals surface area contributed by atoms with E-state index in [2.05, 4.69) is 28.8 Å². The Morgan fingerprint density at radius 2 is 2.04 bits per heavy atom. The average Bonchev–Trinajstić information content (AvgIpc) is 3.19. The molecule has 1 N–H and O–H groups in total. The van der Waals surface area contributed by atoms with Gasteiger partial charge >= 0.3 is 0 Å². The fourth-order valence-corrected chi connectivity index (χ4v) is 4.94. The SMILES string of the molecule is Cc1ccc(C(c2sc3ncnn3c2O)N2CC(C)CC(C)C2)o1. The molecule has 128 valence electrons. The predicted molar refractivity (Wildman–Crippen MR) is 92.3 cm³/mol. The summed E-state index contributed by atoms with van der Waals surface area (Å²) < 4.78 is 7.45. The molecule has 3 atom stereocenters. The Balaban J connectivity index is 1.81. The third kappa shape index (κ3) is 2.61. The van der Waals surface area contributed by atoms with E-state index >= 15 is 0 Å². The third-order valence-corrected chi connectivity index (χ3v) is 5.77. The van der Waals surface area contributed by atoms with Crippen molar-refractivity contribution in [2.75, 3.05) is 13.1 Å². The molecule has 0 saturated carbocycles. The molecule has 24 heavy (non-hydrogen) atoms. The number of fused-ring (bicyclic) bond motifs is 1. The quantitative estimate of drug-likeness (QED) is 0.786. The van der Waals surface area contributed by atoms with Crippen molar-refractivity contribution in [3.63, 3.8) is 0 Å². The van der Waals surface area contributed by atoms with Gasteiger partial charge in [-0.15, -0.1) is 0 Å². The van der Waals surface area contributed by atoms with E-state index in [9.17, 15) is 5.11 Å². The molecule has 0 aliphatic carbocycles. The first-order chi connectivity index (χ1) is 11.5. The van der Waals surface area contributed by atoms with E-state index in [4.69, 9.17) is 4.42 Å². The van der Waals surface area contributed by atoms with Crippen LogP contribution in [0.25, 0.3) is 4.96 Å². The van der Waals surface area contributed by atoms with Crippen LogP contribution in [0.2, 0.25) is 0 Å². The maximum Gasteiger partial charge on any atom is 0.230 e. The van der Waals surface area contributed by atoms with Crippen LogP contribution < -0.4 is 0 Å². The van der Waals surface area contributed by atoms with Crippen LogP contribution in [-0.4, -0.2) is 37.7 Å². The van der Waals surface area contributed by atoms with Crippen LogP contribution in [0.4, 0.5) is 0 Å². The molecule has 6 nitrogen and oxygen atoms in total. The largest absolute Gasteiger partial charge is 0.492 e. The van der Waals surface area contributed by atoms with Crippen molar-refractivity contribution < 1.29 is 9.52 Å². The number of likely N-dealkylation sites (tertiary alicyclic amines) is 1. The topological polar surface area (TPSA) is 66.8 Å². The van der Waals surface area contributed by atoms with Crippen molar-refractivity contribution in [1.29, 1.82) is 0 Å². The lowest BCUT2D eigenvalue weighted by atomic mass is 9.90. The number of hydrogen-bond donors (Lipinski definition) is 1. The number of hydrogen-bond acceptors (Lipinski definition) is 6. The zero-order valence-electron chi connectivity index (χ0n) is 14.1. The molecule has 0 radical (unpaired) electrons. The first kappa shape index (κ1) is 15.7. The summed E-state index contributed by atoms with van der Waals surface area (Å²) in [5, 5.41) is 14.8. The highest BCUT2D eigenvalue weighted by atomic mass is 32.1. The van der Waals surface area contributed by atoms with Crippen molar-refractivity contribution >= 4 is 16.3 Å². The molecule has 7 heteroatoms. The van der Waals surface area contributed by atoms with Gasteiger partial charge in [0, 0.05) is 13.1 Å². The molecule has 1 aliphatic rings. The predicted octanol–water partition coefficient (Wildman–Crippen LogP) is 3.47. The number of aryl methyl sites for hydroxylation is 1. The number of nitrogens with zero attached hydrogens (tertiary/aromatic N) is 4. The van der Waals surface area contributed by atoms with Gasteiger partial charge in [-0.05, 0) is 37.3 Å². The fourth-order valence-electron chi connectivity index (χ4n) is 3.87. The van der Waals surface area contributed by atoms with E-state index in [1.807, 2.05) is 19.1 Å². The molecule has 4 heterocycles. The van der Waals surface area contributed by atoms with E-state index in [-0.39, 0.29) is 11.9 Å². The molecule has 0 bridgehead atoms. The molecule has 1 saturated heterocycles. The smallest absolute Gasteiger partial charge is 0.230 e. The molecule has 1 fully saturated rings. The van der Waals surface area contributed by atoms with Gasteiger partial charge < -0.3 is 9.52 Å². The number of thiazole rings is 1. The Labute approximate surface area is 144 Å². The zero-order chi connectivity index (χ0) is 16.8. The molecule has 4 rings (SSSR count). The standard InChI is InChI=1S/C17H22N4O2S/c1-10-6-11(2)8-20(7-10)14(13-5-4-12(3)23-13)15-16(22)21-17(24-15)18-9-19-21/h4-5,9-11,14,22H,6-8H2,1-3H3. The lowest BCUT2D eigenvalue weighted by Gasteiger charge is -2.38. The minimum absolute atomic E-state index is 0.0996. The molecule has 3 unspecified atom stereocenters. The van der Waals surface area contributed by atoms with Crippen LogP contribution in [0.15, 0.2) is 22.9 Å². The molecular weight excluding hydrogens is 324 g/mol. The summed E-state index contributed by atoms with van der Waals surface area (Å²) in [6.07, 6.45) is 2.70. The Morgan fingerprint density at radius 3 is 2.67 bits per heavy atom. The van der Waals surface area contributed by atoms with Crippen LogP contribution in [0.1, 0.15) is 42.7 Å². The van der Waals surface area contributed by atoms with E-state index in [1.165, 1.54) is 28.6 Å². The minimum Gasteiger partial charge on any atom is -0.492 e. The summed E-state index contributed by atoms with van der Waals surface area (Å²) in [4.78, 5) is 8.19. The van der Waals surface area contributed by atoms with E-state index in [0.717, 1.165) is 29.5 Å². The Kier molecular flexibility index (Phi) is 3.85. The summed E-state index contributed by atoms with van der Waals surface area (Å²) in [6.45, 7) is 8.50. The molecule has 3 aromatic heterocycles. The highest BCUT2D eigenvalue weighted by molar-refractivity contribution is 7.17. The highest BCUT2D eigenvalue weighted by Crippen LogP contribution is 2.42. The number of aromatic nitrogens is 3. The number of rotatable bonds is 3. The van der Waals surface area contributed by atoms with Crippen LogP contribution in [-0.2, 0) is 0 Å². The normalized spacial score (nSPS) is 23.8. The summed E-state index contributed by atoms with van der Waals surface area (Å²) in [5.41, 5.74) is 0. The Hall–Kier alpha value is -1.86. The Morgan fingerprint density at radius 1 is 1.29 bits per heavy atom. The molecule has 1 aliphatic heterocycles. The van der Waals surface area contributed by atoms with Gasteiger partial charge in [0.15, 0.2) is 0 Å². The minimum atomic E-state index is -0.0996. The summed E-state index contributed by atoms with van der Waals surface area (Å²) in [7, 11) is 0. The van der Waals surface area contributed by atoms with Crippen LogP contribution in [0, 0.1) is 18.8 Å². The van der Waals surface area contributed by atoms with Crippen LogP contribution in [0.5, 0.6) is 5.88 Å². The van der Waals surface area contributed by atoms with E-state index in [0.29, 0.717) is 16.8 Å². The van der Waals surface area contributed by atoms with Gasteiger partial charge in [-0.25, -0.2) is 4.98 Å². The monoisotopic (exact) mass is 346 g/mol. The molecular formula is C17H22N4O2S. The summed E-state index contributed by atoms with van der Waals surface area (Å²) >= 11 is 1.48. The van der Waals surface area contributed by atoms with Crippen molar-refractivity contribution in [2.24, 2.45) is 11.8 Å². The highest BCUT2D eigenvalue weighted by Gasteiger charge is 2.35. The molecule has 0 aromatic carbocycles. The Bertz CT molecular complexity index is 842. The first-order valence-electron chi connectivity index (χ1n) is 8.34. The maximum absolute atomic E-state index is 10.7. The van der Waals surface area contributed by atoms with Gasteiger partial charge in [0.05, 0.1) is 4.88 Å². The lowest BCUT2D eigenvalue weighted by molar-refractivity contribution is 0.101. The summed E-state index contributed by atoms with van der Waals surface area (Å²) in [5.74, 6) is 3.16. The summed E-state index contributed by atoms with van der Waals surface area (Å²) in [6, 6.07) is 3.89. The molecule has 0 spiro atoms.